The predicted molar refractivity (Wildman–Crippen MR) is 48.8 cm³/mol. The highest BCUT2D eigenvalue weighted by Crippen LogP contribution is 2.22. The van der Waals surface area contributed by atoms with Gasteiger partial charge in [0.1, 0.15) is 0 Å². The predicted octanol–water partition coefficient (Wildman–Crippen LogP) is 1.98. The first-order valence-corrected chi connectivity index (χ1v) is 5.70. The number of hydrogen-bond donors (Lipinski definition) is 1. The van der Waals surface area contributed by atoms with Crippen LogP contribution in [-0.2, 0) is 0 Å². The van der Waals surface area contributed by atoms with E-state index in [9.17, 15) is 0 Å². The van der Waals surface area contributed by atoms with E-state index in [-0.39, 0.29) is 0 Å². The Bertz CT molecular complexity index is 57.0. The van der Waals surface area contributed by atoms with E-state index in [1.807, 2.05) is 21.6 Å². The summed E-state index contributed by atoms with van der Waals surface area (Å²) in [5, 5.41) is 0. The molecule has 1 nitrogen and oxygen atoms in total. The first-order chi connectivity index (χ1) is 4.27. The molecule has 0 aliphatic rings. The molecule has 0 aromatic carbocycles. The summed E-state index contributed by atoms with van der Waals surface area (Å²) in [5.41, 5.74) is 5.31. The fraction of sp³-hybridized carbons (Fsp3) is 1.00. The lowest BCUT2D eigenvalue weighted by atomic mass is 10.3. The first-order valence-electron chi connectivity index (χ1n) is 3.22. The Balaban J connectivity index is 2.75. The summed E-state index contributed by atoms with van der Waals surface area (Å²) < 4.78 is 0. The van der Waals surface area contributed by atoms with E-state index < -0.39 is 0 Å². The molecule has 0 aliphatic heterocycles. The fourth-order valence-corrected chi connectivity index (χ4v) is 2.62. The molecule has 0 atom stereocenters. The molecule has 0 aromatic heterocycles. The molecule has 0 saturated carbocycles. The second-order valence-electron chi connectivity index (χ2n) is 2.29. The van der Waals surface area contributed by atoms with Gasteiger partial charge in [-0.1, -0.05) is 35.4 Å². The maximum absolute atomic E-state index is 5.31. The molecule has 3 heteroatoms. The molecule has 0 unspecified atom stereocenters. The lowest BCUT2D eigenvalue weighted by molar-refractivity contribution is 0.752. The van der Waals surface area contributed by atoms with Crippen LogP contribution in [0.3, 0.4) is 0 Å². The van der Waals surface area contributed by atoms with Crippen molar-refractivity contribution >= 4 is 21.6 Å². The van der Waals surface area contributed by atoms with Crippen molar-refractivity contribution in [2.24, 2.45) is 11.7 Å². The Kier molecular flexibility index (Phi) is 7.27. The van der Waals surface area contributed by atoms with Gasteiger partial charge in [-0.2, -0.15) is 0 Å². The van der Waals surface area contributed by atoms with Crippen LogP contribution in [0.4, 0.5) is 0 Å². The number of hydrogen-bond acceptors (Lipinski definition) is 3. The van der Waals surface area contributed by atoms with Gasteiger partial charge in [0, 0.05) is 18.1 Å². The van der Waals surface area contributed by atoms with Crippen molar-refractivity contribution in [3.8, 4) is 0 Å². The maximum Gasteiger partial charge on any atom is 0.0160 e. The highest BCUT2D eigenvalue weighted by atomic mass is 33.1. The van der Waals surface area contributed by atoms with Crippen LogP contribution in [0.1, 0.15) is 13.8 Å². The Morgan fingerprint density at radius 1 is 1.33 bits per heavy atom. The van der Waals surface area contributed by atoms with E-state index in [1.165, 1.54) is 5.75 Å². The van der Waals surface area contributed by atoms with Crippen LogP contribution in [0.25, 0.3) is 0 Å². The SMILES string of the molecule is CC(C)CSSCCN. The van der Waals surface area contributed by atoms with Crippen molar-refractivity contribution in [1.29, 1.82) is 0 Å². The molecule has 0 rings (SSSR count). The van der Waals surface area contributed by atoms with E-state index in [4.69, 9.17) is 5.73 Å². The molecule has 0 aliphatic carbocycles. The summed E-state index contributed by atoms with van der Waals surface area (Å²) in [5.74, 6) is 3.13. The van der Waals surface area contributed by atoms with Gasteiger partial charge >= 0.3 is 0 Å². The standard InChI is InChI=1S/C6H15NS2/c1-6(2)5-9-8-4-3-7/h6H,3-5,7H2,1-2H3. The molecule has 0 aromatic rings. The fourth-order valence-electron chi connectivity index (χ4n) is 0.291. The highest BCUT2D eigenvalue weighted by molar-refractivity contribution is 8.76. The van der Waals surface area contributed by atoms with Crippen molar-refractivity contribution in [3.63, 3.8) is 0 Å². The average Bonchev–Trinajstić information content (AvgIpc) is 1.80. The molecule has 9 heavy (non-hydrogen) atoms. The smallest absolute Gasteiger partial charge is 0.0160 e. The molecule has 0 bridgehead atoms. The number of rotatable bonds is 5. The van der Waals surface area contributed by atoms with E-state index in [0.717, 1.165) is 18.2 Å². The summed E-state index contributed by atoms with van der Waals surface area (Å²) in [7, 11) is 3.80. The molecule has 56 valence electrons. The first kappa shape index (κ1) is 9.66. The normalized spacial score (nSPS) is 10.7. The summed E-state index contributed by atoms with van der Waals surface area (Å²) in [4.78, 5) is 0. The van der Waals surface area contributed by atoms with Gasteiger partial charge < -0.3 is 5.73 Å². The van der Waals surface area contributed by atoms with Crippen LogP contribution in [0.2, 0.25) is 0 Å². The molecule has 0 saturated heterocycles. The topological polar surface area (TPSA) is 26.0 Å². The monoisotopic (exact) mass is 165 g/mol. The van der Waals surface area contributed by atoms with Crippen LogP contribution in [-0.4, -0.2) is 18.1 Å². The van der Waals surface area contributed by atoms with Crippen molar-refractivity contribution in [2.45, 2.75) is 13.8 Å². The Morgan fingerprint density at radius 2 is 2.00 bits per heavy atom. The third-order valence-corrected chi connectivity index (χ3v) is 3.47. The van der Waals surface area contributed by atoms with Crippen LogP contribution in [0.5, 0.6) is 0 Å². The van der Waals surface area contributed by atoms with E-state index in [2.05, 4.69) is 13.8 Å². The van der Waals surface area contributed by atoms with Crippen molar-refractivity contribution < 1.29 is 0 Å². The summed E-state index contributed by atoms with van der Waals surface area (Å²) >= 11 is 0. The number of nitrogens with two attached hydrogens (primary N) is 1. The third kappa shape index (κ3) is 8.66. The third-order valence-electron chi connectivity index (χ3n) is 0.686. The minimum Gasteiger partial charge on any atom is -0.330 e. The zero-order chi connectivity index (χ0) is 7.11. The minimum atomic E-state index is 0.801. The molecular formula is C6H15NS2. The van der Waals surface area contributed by atoms with Crippen molar-refractivity contribution in [1.82, 2.24) is 0 Å². The van der Waals surface area contributed by atoms with Gasteiger partial charge in [-0.25, -0.2) is 0 Å². The van der Waals surface area contributed by atoms with Gasteiger partial charge in [-0.3, -0.25) is 0 Å². The van der Waals surface area contributed by atoms with Crippen LogP contribution in [0, 0.1) is 5.92 Å². The lowest BCUT2D eigenvalue weighted by Gasteiger charge is -2.01. The van der Waals surface area contributed by atoms with Gasteiger partial charge in [0.05, 0.1) is 0 Å². The highest BCUT2D eigenvalue weighted by Gasteiger charge is 1.92. The van der Waals surface area contributed by atoms with Crippen molar-refractivity contribution in [3.05, 3.63) is 0 Å². The van der Waals surface area contributed by atoms with Crippen molar-refractivity contribution in [2.75, 3.05) is 18.1 Å². The largest absolute Gasteiger partial charge is 0.330 e. The van der Waals surface area contributed by atoms with Crippen LogP contribution in [0.15, 0.2) is 0 Å². The average molecular weight is 165 g/mol. The molecule has 0 fully saturated rings. The molecule has 0 radical (unpaired) electrons. The Morgan fingerprint density at radius 3 is 2.44 bits per heavy atom. The molecular weight excluding hydrogens is 150 g/mol. The van der Waals surface area contributed by atoms with E-state index in [0.29, 0.717) is 0 Å². The molecule has 0 spiro atoms. The van der Waals surface area contributed by atoms with E-state index in [1.54, 1.807) is 0 Å². The summed E-state index contributed by atoms with van der Waals surface area (Å²) in [6.45, 7) is 5.27. The van der Waals surface area contributed by atoms with E-state index >= 15 is 0 Å². The zero-order valence-corrected chi connectivity index (χ0v) is 7.73. The Hall–Kier alpha value is 0.660. The lowest BCUT2D eigenvalue weighted by Crippen LogP contribution is -2.00. The van der Waals surface area contributed by atoms with Gasteiger partial charge in [0.25, 0.3) is 0 Å². The van der Waals surface area contributed by atoms with Gasteiger partial charge in [0.15, 0.2) is 0 Å². The van der Waals surface area contributed by atoms with Crippen LogP contribution >= 0.6 is 21.6 Å². The Labute approximate surface area is 65.6 Å². The maximum atomic E-state index is 5.31. The molecule has 0 amide bonds. The van der Waals surface area contributed by atoms with Crippen LogP contribution < -0.4 is 5.73 Å². The second kappa shape index (κ2) is 6.78. The summed E-state index contributed by atoms with van der Waals surface area (Å²) in [6.07, 6.45) is 0. The summed E-state index contributed by atoms with van der Waals surface area (Å²) in [6, 6.07) is 0. The second-order valence-corrected chi connectivity index (χ2v) is 4.92. The minimum absolute atomic E-state index is 0.801. The quantitative estimate of drug-likeness (QED) is 0.498. The molecule has 2 N–H and O–H groups in total. The van der Waals surface area contributed by atoms with Gasteiger partial charge in [-0.05, 0) is 5.92 Å². The van der Waals surface area contributed by atoms with Gasteiger partial charge in [-0.15, -0.1) is 0 Å². The zero-order valence-electron chi connectivity index (χ0n) is 6.09. The van der Waals surface area contributed by atoms with Gasteiger partial charge in [0.2, 0.25) is 0 Å². The molecule has 0 heterocycles.